The van der Waals surface area contributed by atoms with E-state index in [4.69, 9.17) is 19.4 Å². The molecule has 0 aliphatic rings. The third-order valence-corrected chi connectivity index (χ3v) is 11.5. The Kier molecular flexibility index (Phi) is 7.00. The lowest BCUT2D eigenvalue weighted by molar-refractivity contribution is 0.672. The number of hydrogen-bond donors (Lipinski definition) is 0. The van der Waals surface area contributed by atoms with Crippen molar-refractivity contribution in [3.05, 3.63) is 176 Å². The Hall–Kier alpha value is -6.95. The van der Waals surface area contributed by atoms with Gasteiger partial charge in [0.2, 0.25) is 0 Å². The average molecular weight is 708 g/mol. The van der Waals surface area contributed by atoms with Crippen LogP contribution in [-0.4, -0.2) is 15.0 Å². The zero-order chi connectivity index (χ0) is 35.6. The molecule has 4 nitrogen and oxygen atoms in total. The van der Waals surface area contributed by atoms with Crippen molar-refractivity contribution in [1.82, 2.24) is 15.0 Å². The van der Waals surface area contributed by atoms with E-state index in [0.717, 1.165) is 77.7 Å². The highest BCUT2D eigenvalue weighted by Gasteiger charge is 2.21. The molecule has 0 aliphatic heterocycles. The topological polar surface area (TPSA) is 51.8 Å². The van der Waals surface area contributed by atoms with Gasteiger partial charge in [-0.15, -0.1) is 11.3 Å². The summed E-state index contributed by atoms with van der Waals surface area (Å²) in [6.07, 6.45) is 0. The van der Waals surface area contributed by atoms with Crippen molar-refractivity contribution in [2.75, 3.05) is 0 Å². The van der Waals surface area contributed by atoms with Crippen LogP contribution < -0.4 is 0 Å². The second kappa shape index (κ2) is 12.3. The number of furan rings is 1. The SMILES string of the molecule is c1ccc(-c2cc(-c3ccc(-c4nc5c(-c6cccc7c6sc6ccccc67)cccc5c5oc6ccccc6c45)cc3)nc(-c3ccccc3)n2)cc1. The van der Waals surface area contributed by atoms with E-state index in [0.29, 0.717) is 5.82 Å². The maximum Gasteiger partial charge on any atom is 0.160 e. The van der Waals surface area contributed by atoms with Gasteiger partial charge in [0.15, 0.2) is 5.82 Å². The lowest BCUT2D eigenvalue weighted by Gasteiger charge is -2.12. The molecule has 0 unspecified atom stereocenters. The minimum atomic E-state index is 0.694. The monoisotopic (exact) mass is 707 g/mol. The van der Waals surface area contributed by atoms with E-state index in [9.17, 15) is 0 Å². The van der Waals surface area contributed by atoms with E-state index in [1.807, 2.05) is 59.9 Å². The predicted octanol–water partition coefficient (Wildman–Crippen LogP) is 13.6. The molecule has 0 amide bonds. The molecule has 252 valence electrons. The number of para-hydroxylation sites is 2. The zero-order valence-corrected chi connectivity index (χ0v) is 29.7. The highest BCUT2D eigenvalue weighted by atomic mass is 32.1. The molecule has 54 heavy (non-hydrogen) atoms. The molecule has 5 heteroatoms. The molecule has 0 bridgehead atoms. The van der Waals surface area contributed by atoms with Crippen molar-refractivity contribution in [2.45, 2.75) is 0 Å². The first-order chi connectivity index (χ1) is 26.8. The van der Waals surface area contributed by atoms with Crippen LogP contribution in [0.1, 0.15) is 0 Å². The molecule has 4 heterocycles. The van der Waals surface area contributed by atoms with Crippen LogP contribution in [0.25, 0.3) is 109 Å². The first-order valence-corrected chi connectivity index (χ1v) is 18.8. The second-order valence-electron chi connectivity index (χ2n) is 13.5. The van der Waals surface area contributed by atoms with Crippen LogP contribution in [0.5, 0.6) is 0 Å². The van der Waals surface area contributed by atoms with Gasteiger partial charge < -0.3 is 4.42 Å². The predicted molar refractivity (Wildman–Crippen MR) is 225 cm³/mol. The molecule has 11 rings (SSSR count). The molecular weight excluding hydrogens is 679 g/mol. The first kappa shape index (κ1) is 30.7. The van der Waals surface area contributed by atoms with E-state index in [2.05, 4.69) is 127 Å². The summed E-state index contributed by atoms with van der Waals surface area (Å²) in [4.78, 5) is 15.6. The number of benzene rings is 7. The minimum Gasteiger partial charge on any atom is -0.455 e. The quantitative estimate of drug-likeness (QED) is 0.179. The number of nitrogens with zero attached hydrogens (tertiary/aromatic N) is 3. The number of hydrogen-bond acceptors (Lipinski definition) is 5. The Bertz CT molecular complexity index is 3140. The summed E-state index contributed by atoms with van der Waals surface area (Å²) in [5.41, 5.74) is 11.5. The maximum absolute atomic E-state index is 6.70. The number of rotatable bonds is 5. The van der Waals surface area contributed by atoms with Gasteiger partial charge in [0, 0.05) is 64.3 Å². The second-order valence-corrected chi connectivity index (χ2v) is 14.6. The Morgan fingerprint density at radius 1 is 0.426 bits per heavy atom. The minimum absolute atomic E-state index is 0.694. The molecule has 0 aliphatic carbocycles. The van der Waals surface area contributed by atoms with E-state index >= 15 is 0 Å². The fourth-order valence-corrected chi connectivity index (χ4v) is 8.97. The summed E-state index contributed by atoms with van der Waals surface area (Å²) in [7, 11) is 0. The van der Waals surface area contributed by atoms with Crippen molar-refractivity contribution in [2.24, 2.45) is 0 Å². The Morgan fingerprint density at radius 3 is 1.80 bits per heavy atom. The number of pyridine rings is 1. The number of aromatic nitrogens is 3. The summed E-state index contributed by atoms with van der Waals surface area (Å²) in [6.45, 7) is 0. The molecule has 11 aromatic rings. The Labute approximate surface area is 314 Å². The van der Waals surface area contributed by atoms with Crippen molar-refractivity contribution >= 4 is 64.4 Å². The maximum atomic E-state index is 6.70. The Balaban J connectivity index is 1.11. The van der Waals surface area contributed by atoms with E-state index in [-0.39, 0.29) is 0 Å². The third-order valence-electron chi connectivity index (χ3n) is 10.3. The van der Waals surface area contributed by atoms with Crippen molar-refractivity contribution in [3.8, 4) is 56.3 Å². The molecule has 0 saturated heterocycles. The average Bonchev–Trinajstić information content (AvgIpc) is 3.83. The van der Waals surface area contributed by atoms with Crippen LogP contribution in [0.2, 0.25) is 0 Å². The van der Waals surface area contributed by atoms with Gasteiger partial charge in [-0.25, -0.2) is 15.0 Å². The largest absolute Gasteiger partial charge is 0.455 e. The summed E-state index contributed by atoms with van der Waals surface area (Å²) < 4.78 is 9.25. The van der Waals surface area contributed by atoms with E-state index in [1.165, 1.54) is 25.7 Å². The molecule has 7 aromatic carbocycles. The van der Waals surface area contributed by atoms with Gasteiger partial charge in [0.25, 0.3) is 0 Å². The standard InChI is InChI=1S/C49H29N3OS/c1-3-13-30(14-4-1)40-29-41(51-49(50-40)33-15-5-2-6-16-33)31-25-27-32(28-26-31)45-44-38-18-7-9-23-42(38)53-47(44)39-22-11-19-35(46(39)52-45)37-21-12-20-36-34-17-8-10-24-43(34)54-48(36)37/h1-29H. The zero-order valence-electron chi connectivity index (χ0n) is 28.9. The number of thiophene rings is 1. The van der Waals surface area contributed by atoms with Crippen LogP contribution in [0.3, 0.4) is 0 Å². The molecule has 0 N–H and O–H groups in total. The Morgan fingerprint density at radius 2 is 1.02 bits per heavy atom. The van der Waals surface area contributed by atoms with E-state index < -0.39 is 0 Å². The normalized spacial score (nSPS) is 11.7. The molecule has 0 atom stereocenters. The molecule has 4 aromatic heterocycles. The molecule has 0 saturated carbocycles. The van der Waals surface area contributed by atoms with Crippen LogP contribution in [0.4, 0.5) is 0 Å². The highest BCUT2D eigenvalue weighted by Crippen LogP contribution is 2.45. The van der Waals surface area contributed by atoms with Crippen molar-refractivity contribution in [3.63, 3.8) is 0 Å². The molecule has 0 radical (unpaired) electrons. The fourth-order valence-electron chi connectivity index (χ4n) is 7.74. The van der Waals surface area contributed by atoms with Gasteiger partial charge in [-0.2, -0.15) is 0 Å². The van der Waals surface area contributed by atoms with Gasteiger partial charge in [-0.3, -0.25) is 0 Å². The summed E-state index contributed by atoms with van der Waals surface area (Å²) in [5, 5.41) is 5.61. The van der Waals surface area contributed by atoms with Crippen molar-refractivity contribution < 1.29 is 4.42 Å². The third kappa shape index (κ3) is 4.94. The van der Waals surface area contributed by atoms with Gasteiger partial charge in [0.1, 0.15) is 11.2 Å². The van der Waals surface area contributed by atoms with Gasteiger partial charge in [-0.1, -0.05) is 152 Å². The fraction of sp³-hybridized carbons (Fsp3) is 0. The van der Waals surface area contributed by atoms with Crippen LogP contribution >= 0.6 is 11.3 Å². The lowest BCUT2D eigenvalue weighted by Crippen LogP contribution is -1.96. The first-order valence-electron chi connectivity index (χ1n) is 18.0. The smallest absolute Gasteiger partial charge is 0.160 e. The van der Waals surface area contributed by atoms with E-state index in [1.54, 1.807) is 0 Å². The van der Waals surface area contributed by atoms with Crippen LogP contribution in [-0.2, 0) is 0 Å². The van der Waals surface area contributed by atoms with Gasteiger partial charge in [0.05, 0.1) is 28.0 Å². The summed E-state index contributed by atoms with van der Waals surface area (Å²) >= 11 is 1.84. The van der Waals surface area contributed by atoms with Crippen LogP contribution in [0.15, 0.2) is 180 Å². The molecular formula is C49H29N3OS. The molecule has 0 fully saturated rings. The summed E-state index contributed by atoms with van der Waals surface area (Å²) in [5.74, 6) is 0.694. The summed E-state index contributed by atoms with van der Waals surface area (Å²) in [6, 6.07) is 61.1. The van der Waals surface area contributed by atoms with Crippen molar-refractivity contribution in [1.29, 1.82) is 0 Å². The highest BCUT2D eigenvalue weighted by molar-refractivity contribution is 7.26. The molecule has 0 spiro atoms. The lowest BCUT2D eigenvalue weighted by atomic mass is 9.96. The van der Waals surface area contributed by atoms with Crippen LogP contribution in [0, 0.1) is 0 Å². The van der Waals surface area contributed by atoms with Gasteiger partial charge >= 0.3 is 0 Å². The van der Waals surface area contributed by atoms with Gasteiger partial charge in [-0.05, 0) is 24.3 Å². The number of fused-ring (bicyclic) bond motifs is 8.